The van der Waals surface area contributed by atoms with E-state index in [0.717, 1.165) is 15.8 Å². The predicted molar refractivity (Wildman–Crippen MR) is 151 cm³/mol. The highest BCUT2D eigenvalue weighted by molar-refractivity contribution is 7.31. The SMILES string of the molecule is CC(C)[Si](c1nc2cccc([C@@H](O)C[C@@H]3C[C@@H](F)CCN3C(=O)OC(C)(C)C)c2s1)(C(C)C)C(C)C. The first-order chi connectivity index (χ1) is 16.7. The Morgan fingerprint density at radius 1 is 1.19 bits per heavy atom. The number of hydrogen-bond acceptors (Lipinski definition) is 5. The van der Waals surface area contributed by atoms with Crippen molar-refractivity contribution in [2.75, 3.05) is 6.54 Å². The third-order valence-corrected chi connectivity index (χ3v) is 16.7. The van der Waals surface area contributed by atoms with Crippen LogP contribution in [0.5, 0.6) is 0 Å². The molecule has 0 aliphatic carbocycles. The van der Waals surface area contributed by atoms with Gasteiger partial charge in [-0.15, -0.1) is 11.3 Å². The van der Waals surface area contributed by atoms with Gasteiger partial charge >= 0.3 is 6.09 Å². The lowest BCUT2D eigenvalue weighted by atomic mass is 9.93. The maximum atomic E-state index is 14.4. The van der Waals surface area contributed by atoms with Crippen LogP contribution in [0, 0.1) is 0 Å². The molecular formula is C28H45FN2O3SSi. The fourth-order valence-electron chi connectivity index (χ4n) is 6.33. The Labute approximate surface area is 221 Å². The van der Waals surface area contributed by atoms with Crippen LogP contribution in [0.15, 0.2) is 18.2 Å². The van der Waals surface area contributed by atoms with Crippen LogP contribution in [0.1, 0.15) is 93.2 Å². The van der Waals surface area contributed by atoms with Crippen LogP contribution < -0.4 is 4.63 Å². The third-order valence-electron chi connectivity index (χ3n) is 7.82. The monoisotopic (exact) mass is 536 g/mol. The number of halogens is 1. The topological polar surface area (TPSA) is 62.7 Å². The van der Waals surface area contributed by atoms with E-state index in [-0.39, 0.29) is 12.8 Å². The largest absolute Gasteiger partial charge is 0.444 e. The van der Waals surface area contributed by atoms with E-state index >= 15 is 0 Å². The average Bonchev–Trinajstić information content (AvgIpc) is 3.16. The summed E-state index contributed by atoms with van der Waals surface area (Å²) in [5.41, 5.74) is 2.73. The molecule has 2 aromatic rings. The number of alkyl halides is 1. The highest BCUT2D eigenvalue weighted by atomic mass is 32.1. The summed E-state index contributed by atoms with van der Waals surface area (Å²) < 4.78 is 22.3. The van der Waals surface area contributed by atoms with Crippen LogP contribution in [0.25, 0.3) is 10.2 Å². The van der Waals surface area contributed by atoms with Gasteiger partial charge in [-0.25, -0.2) is 14.2 Å². The Hall–Kier alpha value is -1.51. The molecule has 1 amide bonds. The molecule has 0 unspecified atom stereocenters. The number of aromatic nitrogens is 1. The highest BCUT2D eigenvalue weighted by Crippen LogP contribution is 2.43. The van der Waals surface area contributed by atoms with E-state index < -0.39 is 38.1 Å². The van der Waals surface area contributed by atoms with Gasteiger partial charge in [0.05, 0.1) is 21.0 Å². The number of piperidine rings is 1. The van der Waals surface area contributed by atoms with Crippen LogP contribution in [0.4, 0.5) is 9.18 Å². The van der Waals surface area contributed by atoms with Crippen molar-refractivity contribution in [3.8, 4) is 0 Å². The molecule has 1 aliphatic heterocycles. The molecular weight excluding hydrogens is 491 g/mol. The molecule has 202 valence electrons. The Bertz CT molecular complexity index is 1030. The van der Waals surface area contributed by atoms with Gasteiger partial charge in [-0.2, -0.15) is 0 Å². The molecule has 1 aromatic heterocycles. The van der Waals surface area contributed by atoms with E-state index in [0.29, 0.717) is 29.6 Å². The molecule has 36 heavy (non-hydrogen) atoms. The Balaban J connectivity index is 1.96. The second-order valence-electron chi connectivity index (χ2n) is 12.3. The Morgan fingerprint density at radius 2 is 1.81 bits per heavy atom. The van der Waals surface area contributed by atoms with Crippen molar-refractivity contribution in [3.63, 3.8) is 0 Å². The molecule has 1 fully saturated rings. The van der Waals surface area contributed by atoms with Gasteiger partial charge in [0.1, 0.15) is 19.8 Å². The molecule has 0 bridgehead atoms. The number of likely N-dealkylation sites (tertiary alicyclic amines) is 1. The number of aliphatic hydroxyl groups excluding tert-OH is 1. The highest BCUT2D eigenvalue weighted by Gasteiger charge is 2.47. The van der Waals surface area contributed by atoms with Crippen molar-refractivity contribution in [1.29, 1.82) is 0 Å². The quantitative estimate of drug-likeness (QED) is 0.376. The van der Waals surface area contributed by atoms with Gasteiger partial charge in [-0.3, -0.25) is 0 Å². The number of rotatable bonds is 7. The van der Waals surface area contributed by atoms with Crippen LogP contribution in [0.2, 0.25) is 16.6 Å². The molecule has 0 radical (unpaired) electrons. The molecule has 0 spiro atoms. The number of fused-ring (bicyclic) bond motifs is 1. The lowest BCUT2D eigenvalue weighted by Gasteiger charge is -2.41. The van der Waals surface area contributed by atoms with Gasteiger partial charge in [0.2, 0.25) is 0 Å². The number of amides is 1. The van der Waals surface area contributed by atoms with Crippen LogP contribution in [-0.2, 0) is 4.74 Å². The maximum Gasteiger partial charge on any atom is 0.410 e. The number of nitrogens with zero attached hydrogens (tertiary/aromatic N) is 2. The third kappa shape index (κ3) is 5.81. The summed E-state index contributed by atoms with van der Waals surface area (Å²) in [6.07, 6.45) is -1.47. The summed E-state index contributed by atoms with van der Waals surface area (Å²) in [5.74, 6) is 0. The second kappa shape index (κ2) is 11.1. The van der Waals surface area contributed by atoms with E-state index in [1.165, 1.54) is 4.63 Å². The van der Waals surface area contributed by atoms with Crippen molar-refractivity contribution in [1.82, 2.24) is 9.88 Å². The minimum Gasteiger partial charge on any atom is -0.444 e. The maximum absolute atomic E-state index is 14.4. The first-order valence-electron chi connectivity index (χ1n) is 13.4. The van der Waals surface area contributed by atoms with Crippen molar-refractivity contribution in [2.45, 2.75) is 122 Å². The van der Waals surface area contributed by atoms with E-state index in [4.69, 9.17) is 9.72 Å². The molecule has 1 saturated heterocycles. The number of ether oxygens (including phenoxy) is 1. The minimum atomic E-state index is -1.94. The van der Waals surface area contributed by atoms with Crippen molar-refractivity contribution in [3.05, 3.63) is 23.8 Å². The summed E-state index contributed by atoms with van der Waals surface area (Å²) in [6, 6.07) is 5.50. The van der Waals surface area contributed by atoms with Crippen LogP contribution in [0.3, 0.4) is 0 Å². The average molecular weight is 537 g/mol. The molecule has 1 aliphatic rings. The lowest BCUT2D eigenvalue weighted by molar-refractivity contribution is -0.00656. The van der Waals surface area contributed by atoms with Gasteiger partial charge in [0, 0.05) is 12.6 Å². The predicted octanol–water partition coefficient (Wildman–Crippen LogP) is 7.34. The second-order valence-corrected chi connectivity index (χ2v) is 19.5. The summed E-state index contributed by atoms with van der Waals surface area (Å²) in [7, 11) is -1.94. The number of carbonyl (C=O) groups is 1. The zero-order chi connectivity index (χ0) is 27.0. The normalized spacial score (nSPS) is 20.6. The lowest BCUT2D eigenvalue weighted by Crippen LogP contribution is -2.55. The first-order valence-corrected chi connectivity index (χ1v) is 16.4. The molecule has 3 atom stereocenters. The molecule has 8 heteroatoms. The van der Waals surface area contributed by atoms with Gasteiger partial charge in [0.25, 0.3) is 0 Å². The number of aliphatic hydroxyl groups is 1. The van der Waals surface area contributed by atoms with Gasteiger partial charge in [0.15, 0.2) is 0 Å². The van der Waals surface area contributed by atoms with Crippen molar-refractivity contribution < 1.29 is 19.0 Å². The van der Waals surface area contributed by atoms with Crippen LogP contribution >= 0.6 is 11.3 Å². The summed E-state index contributed by atoms with van der Waals surface area (Å²) in [5, 5.41) is 11.4. The Morgan fingerprint density at radius 3 is 2.36 bits per heavy atom. The first kappa shape index (κ1) is 29.0. The van der Waals surface area contributed by atoms with E-state index in [9.17, 15) is 14.3 Å². The van der Waals surface area contributed by atoms with Crippen LogP contribution in [-0.4, -0.2) is 53.5 Å². The number of thiazole rings is 1. The Kier molecular flexibility index (Phi) is 8.94. The molecule has 3 rings (SSSR count). The zero-order valence-electron chi connectivity index (χ0n) is 23.5. The fraction of sp³-hybridized carbons (Fsp3) is 0.714. The molecule has 5 nitrogen and oxygen atoms in total. The number of carbonyl (C=O) groups excluding carboxylic acids is 1. The van der Waals surface area contributed by atoms with Gasteiger partial charge in [-0.1, -0.05) is 53.7 Å². The molecule has 2 heterocycles. The van der Waals surface area contributed by atoms with Gasteiger partial charge in [-0.05, 0) is 68.3 Å². The van der Waals surface area contributed by atoms with Crippen molar-refractivity contribution in [2.24, 2.45) is 0 Å². The number of benzene rings is 1. The number of hydrogen-bond donors (Lipinski definition) is 1. The zero-order valence-corrected chi connectivity index (χ0v) is 25.3. The summed E-state index contributed by atoms with van der Waals surface area (Å²) in [4.78, 5) is 19.6. The molecule has 0 saturated carbocycles. The van der Waals surface area contributed by atoms with E-state index in [2.05, 4.69) is 41.5 Å². The summed E-state index contributed by atoms with van der Waals surface area (Å²) in [6.45, 7) is 19.8. The van der Waals surface area contributed by atoms with E-state index in [1.54, 1.807) is 16.2 Å². The molecule has 1 N–H and O–H groups in total. The van der Waals surface area contributed by atoms with Gasteiger partial charge < -0.3 is 14.7 Å². The molecule has 1 aromatic carbocycles. The van der Waals surface area contributed by atoms with E-state index in [1.807, 2.05) is 39.0 Å². The minimum absolute atomic E-state index is 0.213. The standard InChI is InChI=1S/C28H45FN2O3SSi/c1-17(2)36(18(3)4,19(5)6)26-30-23-12-10-11-22(25(23)35-26)24(32)16-21-15-20(29)13-14-31(21)27(33)34-28(7,8)9/h10-12,17-21,24,32H,13-16H2,1-9H3/t20-,21-,24-/m0/s1. The van der Waals surface area contributed by atoms with Crippen molar-refractivity contribution >= 4 is 40.4 Å². The summed E-state index contributed by atoms with van der Waals surface area (Å²) >= 11 is 1.73. The smallest absolute Gasteiger partial charge is 0.410 e. The fourth-order valence-corrected chi connectivity index (χ4v) is 16.1.